The molecule has 0 aliphatic carbocycles. The fourth-order valence-corrected chi connectivity index (χ4v) is 2.41. The summed E-state index contributed by atoms with van der Waals surface area (Å²) in [6.45, 7) is 9.26. The van der Waals surface area contributed by atoms with Crippen molar-refractivity contribution in [3.63, 3.8) is 0 Å². The van der Waals surface area contributed by atoms with E-state index in [1.54, 1.807) is 0 Å². The quantitative estimate of drug-likeness (QED) is 0.873. The molecule has 4 nitrogen and oxygen atoms in total. The number of hydrogen-bond acceptors (Lipinski definition) is 3. The molecule has 1 aromatic rings. The molecule has 2 heterocycles. The smallest absolute Gasteiger partial charge is 0.0762 e. The predicted molar refractivity (Wildman–Crippen MR) is 72.5 cm³/mol. The second-order valence-electron chi connectivity index (χ2n) is 5.50. The molecule has 0 bridgehead atoms. The summed E-state index contributed by atoms with van der Waals surface area (Å²) < 4.78 is 7.41. The minimum Gasteiger partial charge on any atom is -0.381 e. The highest BCUT2D eigenvalue weighted by Crippen LogP contribution is 2.18. The third-order valence-electron chi connectivity index (χ3n) is 3.77. The average Bonchev–Trinajstić information content (AvgIpc) is 2.86. The molecule has 1 N–H and O–H groups in total. The average molecular weight is 251 g/mol. The number of hydrogen-bond donors (Lipinski definition) is 1. The third-order valence-corrected chi connectivity index (χ3v) is 3.77. The van der Waals surface area contributed by atoms with Crippen molar-refractivity contribution in [3.8, 4) is 0 Å². The number of ether oxygens (including phenoxy) is 1. The number of nitrogens with one attached hydrogen (secondary N) is 1. The van der Waals surface area contributed by atoms with E-state index in [-0.39, 0.29) is 0 Å². The Bertz CT molecular complexity index is 356. The maximum Gasteiger partial charge on any atom is 0.0762 e. The molecule has 102 valence electrons. The summed E-state index contributed by atoms with van der Waals surface area (Å²) in [4.78, 5) is 0. The van der Waals surface area contributed by atoms with Crippen molar-refractivity contribution < 1.29 is 4.74 Å². The van der Waals surface area contributed by atoms with E-state index in [0.717, 1.165) is 31.4 Å². The fourth-order valence-electron chi connectivity index (χ4n) is 2.41. The van der Waals surface area contributed by atoms with Gasteiger partial charge in [-0.3, -0.25) is 4.68 Å². The maximum absolute atomic E-state index is 5.40. The molecule has 2 rings (SSSR count). The largest absolute Gasteiger partial charge is 0.381 e. The topological polar surface area (TPSA) is 39.1 Å². The van der Waals surface area contributed by atoms with Crippen LogP contribution in [0.15, 0.2) is 12.3 Å². The van der Waals surface area contributed by atoms with E-state index < -0.39 is 0 Å². The van der Waals surface area contributed by atoms with E-state index in [1.165, 1.54) is 12.8 Å². The van der Waals surface area contributed by atoms with Crippen LogP contribution in [0.3, 0.4) is 0 Å². The number of rotatable bonds is 5. The van der Waals surface area contributed by atoms with Gasteiger partial charge in [0.2, 0.25) is 0 Å². The minimum absolute atomic E-state index is 0.437. The van der Waals surface area contributed by atoms with Crippen molar-refractivity contribution >= 4 is 0 Å². The first-order valence-corrected chi connectivity index (χ1v) is 7.02. The van der Waals surface area contributed by atoms with Crippen LogP contribution in [0.2, 0.25) is 0 Å². The van der Waals surface area contributed by atoms with Crippen LogP contribution in [0.5, 0.6) is 0 Å². The lowest BCUT2D eigenvalue weighted by atomic mass is 9.93. The van der Waals surface area contributed by atoms with Crippen LogP contribution in [-0.2, 0) is 11.3 Å². The van der Waals surface area contributed by atoms with Crippen molar-refractivity contribution in [2.45, 2.75) is 52.2 Å². The Morgan fingerprint density at radius 3 is 2.72 bits per heavy atom. The summed E-state index contributed by atoms with van der Waals surface area (Å²) in [5, 5.41) is 8.15. The van der Waals surface area contributed by atoms with E-state index >= 15 is 0 Å². The molecule has 1 aliphatic heterocycles. The lowest BCUT2D eigenvalue weighted by Gasteiger charge is -2.28. The molecule has 1 fully saturated rings. The second kappa shape index (κ2) is 6.34. The molecule has 0 spiro atoms. The van der Waals surface area contributed by atoms with Crippen molar-refractivity contribution in [1.82, 2.24) is 15.1 Å². The molecule has 4 heteroatoms. The van der Waals surface area contributed by atoms with Gasteiger partial charge in [-0.15, -0.1) is 0 Å². The molecule has 1 unspecified atom stereocenters. The Hall–Kier alpha value is -0.870. The molecule has 1 saturated heterocycles. The van der Waals surface area contributed by atoms with Gasteiger partial charge in [0.25, 0.3) is 0 Å². The van der Waals surface area contributed by atoms with Crippen LogP contribution >= 0.6 is 0 Å². The predicted octanol–water partition coefficient (Wildman–Crippen LogP) is 2.37. The van der Waals surface area contributed by atoms with E-state index in [9.17, 15) is 0 Å². The Balaban J connectivity index is 1.79. The first-order valence-electron chi connectivity index (χ1n) is 7.02. The Morgan fingerprint density at radius 1 is 1.39 bits per heavy atom. The van der Waals surface area contributed by atoms with Crippen LogP contribution in [0.1, 0.15) is 45.3 Å². The highest BCUT2D eigenvalue weighted by molar-refractivity contribution is 4.99. The van der Waals surface area contributed by atoms with Crippen LogP contribution in [0, 0.1) is 5.92 Å². The van der Waals surface area contributed by atoms with Gasteiger partial charge in [0.15, 0.2) is 0 Å². The van der Waals surface area contributed by atoms with Crippen LogP contribution in [0.4, 0.5) is 0 Å². The van der Waals surface area contributed by atoms with Gasteiger partial charge in [-0.25, -0.2) is 0 Å². The third kappa shape index (κ3) is 3.56. The number of aromatic nitrogens is 2. The lowest BCUT2D eigenvalue weighted by molar-refractivity contribution is 0.0557. The molecule has 0 saturated carbocycles. The van der Waals surface area contributed by atoms with E-state index in [4.69, 9.17) is 4.74 Å². The highest BCUT2D eigenvalue weighted by Gasteiger charge is 2.20. The van der Waals surface area contributed by atoms with Crippen LogP contribution in [0.25, 0.3) is 0 Å². The lowest BCUT2D eigenvalue weighted by Crippen LogP contribution is -2.36. The first-order chi connectivity index (χ1) is 8.66. The van der Waals surface area contributed by atoms with Crippen LogP contribution < -0.4 is 5.32 Å². The molecule has 1 aliphatic rings. The van der Waals surface area contributed by atoms with Gasteiger partial charge in [-0.2, -0.15) is 5.10 Å². The summed E-state index contributed by atoms with van der Waals surface area (Å²) in [5.74, 6) is 0.742. The number of nitrogens with zero attached hydrogens (tertiary/aromatic N) is 2. The van der Waals surface area contributed by atoms with Crippen molar-refractivity contribution in [2.75, 3.05) is 13.2 Å². The van der Waals surface area contributed by atoms with Gasteiger partial charge in [0.1, 0.15) is 0 Å². The molecule has 0 radical (unpaired) electrons. The summed E-state index contributed by atoms with van der Waals surface area (Å²) in [6, 6.07) is 3.08. The van der Waals surface area contributed by atoms with Gasteiger partial charge < -0.3 is 10.1 Å². The normalized spacial score (nSPS) is 19.3. The first kappa shape index (κ1) is 13.6. The zero-order valence-electron chi connectivity index (χ0n) is 11.7. The standard InChI is InChI=1S/C14H25N3O/c1-11(2)17-7-4-14(16-17)10-15-12(3)13-5-8-18-9-6-13/h4,7,11-13,15H,5-6,8-10H2,1-3H3. The Labute approximate surface area is 110 Å². The SMILES string of the molecule is CC(NCc1ccn(C(C)C)n1)C1CCOCC1. The van der Waals surface area contributed by atoms with Gasteiger partial charge in [-0.05, 0) is 45.6 Å². The van der Waals surface area contributed by atoms with E-state index in [0.29, 0.717) is 12.1 Å². The molecular weight excluding hydrogens is 226 g/mol. The Kier molecular flexibility index (Phi) is 4.78. The monoisotopic (exact) mass is 251 g/mol. The zero-order valence-corrected chi connectivity index (χ0v) is 11.7. The second-order valence-corrected chi connectivity index (χ2v) is 5.50. The highest BCUT2D eigenvalue weighted by atomic mass is 16.5. The zero-order chi connectivity index (χ0) is 13.0. The molecule has 0 aromatic carbocycles. The molecule has 18 heavy (non-hydrogen) atoms. The molecular formula is C14H25N3O. The Morgan fingerprint density at radius 2 is 2.11 bits per heavy atom. The van der Waals surface area contributed by atoms with Crippen molar-refractivity contribution in [2.24, 2.45) is 5.92 Å². The summed E-state index contributed by atoms with van der Waals surface area (Å²) in [5.41, 5.74) is 1.13. The van der Waals surface area contributed by atoms with Gasteiger partial charge in [0.05, 0.1) is 5.69 Å². The van der Waals surface area contributed by atoms with Crippen LogP contribution in [-0.4, -0.2) is 29.0 Å². The van der Waals surface area contributed by atoms with Crippen molar-refractivity contribution in [3.05, 3.63) is 18.0 Å². The fraction of sp³-hybridized carbons (Fsp3) is 0.786. The maximum atomic E-state index is 5.40. The summed E-state index contributed by atoms with van der Waals surface area (Å²) >= 11 is 0. The summed E-state index contributed by atoms with van der Waals surface area (Å²) in [6.07, 6.45) is 4.41. The summed E-state index contributed by atoms with van der Waals surface area (Å²) in [7, 11) is 0. The molecule has 1 aromatic heterocycles. The van der Waals surface area contributed by atoms with Crippen molar-refractivity contribution in [1.29, 1.82) is 0 Å². The molecule has 0 amide bonds. The minimum atomic E-state index is 0.437. The van der Waals surface area contributed by atoms with Gasteiger partial charge in [-0.1, -0.05) is 0 Å². The molecule has 1 atom stereocenters. The van der Waals surface area contributed by atoms with Gasteiger partial charge >= 0.3 is 0 Å². The van der Waals surface area contributed by atoms with E-state index in [2.05, 4.69) is 43.4 Å². The van der Waals surface area contributed by atoms with E-state index in [1.807, 2.05) is 4.68 Å². The van der Waals surface area contributed by atoms with Gasteiger partial charge in [0, 0.05) is 38.0 Å².